The minimum absolute atomic E-state index is 0.00134. The Balaban J connectivity index is 0.664. The number of benzene rings is 1. The molecule has 7 aromatic rings. The van der Waals surface area contributed by atoms with Gasteiger partial charge >= 0.3 is 5.97 Å². The van der Waals surface area contributed by atoms with Gasteiger partial charge in [0, 0.05) is 83.8 Å². The zero-order valence-electron chi connectivity index (χ0n) is 35.8. The molecule has 17 heteroatoms. The van der Waals surface area contributed by atoms with E-state index < -0.39 is 11.8 Å². The fourth-order valence-corrected chi connectivity index (χ4v) is 9.75. The van der Waals surface area contributed by atoms with E-state index in [1.54, 1.807) is 36.8 Å². The third-order valence-corrected chi connectivity index (χ3v) is 13.5. The van der Waals surface area contributed by atoms with Crippen LogP contribution in [0.3, 0.4) is 0 Å². The number of carboxylic acids is 1. The summed E-state index contributed by atoms with van der Waals surface area (Å²) in [6, 6.07) is 15.5. The molecule has 0 aliphatic heterocycles. The Kier molecular flexibility index (Phi) is 10.7. The first-order chi connectivity index (χ1) is 32.2. The molecule has 2 unspecified atom stereocenters. The van der Waals surface area contributed by atoms with Gasteiger partial charge in [0.15, 0.2) is 11.6 Å². The second-order valence-electron chi connectivity index (χ2n) is 18.0. The molecule has 4 saturated carbocycles. The maximum atomic E-state index is 15.5. The van der Waals surface area contributed by atoms with Gasteiger partial charge in [0.05, 0.1) is 29.3 Å². The van der Waals surface area contributed by atoms with E-state index in [0.29, 0.717) is 51.3 Å². The predicted octanol–water partition coefficient (Wildman–Crippen LogP) is 7.39. The fraction of sp³-hybridized carbons (Fsp3) is 0.327. The Bertz CT molecular complexity index is 3070. The van der Waals surface area contributed by atoms with Crippen LogP contribution >= 0.6 is 0 Å². The monoisotopic (exact) mass is 886 g/mol. The number of carbonyl (C=O) groups is 1. The van der Waals surface area contributed by atoms with E-state index in [0.717, 1.165) is 50.5 Å². The highest BCUT2D eigenvalue weighted by Crippen LogP contribution is 2.53. The largest absolute Gasteiger partial charge is 0.478 e. The molecular formula is C49H47FN12O4. The second-order valence-corrected chi connectivity index (χ2v) is 18.0. The van der Waals surface area contributed by atoms with Crippen LogP contribution in [0.4, 0.5) is 27.9 Å². The van der Waals surface area contributed by atoms with Crippen molar-refractivity contribution in [1.29, 1.82) is 0 Å². The summed E-state index contributed by atoms with van der Waals surface area (Å²) in [6.07, 6.45) is 22.3. The van der Waals surface area contributed by atoms with Gasteiger partial charge in [-0.05, 0) is 123 Å². The van der Waals surface area contributed by atoms with Gasteiger partial charge in [0.1, 0.15) is 5.82 Å². The van der Waals surface area contributed by atoms with E-state index in [4.69, 9.17) is 0 Å². The highest BCUT2D eigenvalue weighted by Gasteiger charge is 2.42. The lowest BCUT2D eigenvalue weighted by Crippen LogP contribution is -2.23. The SMILES string of the molecule is O=C(O)c1cccc2c(=O)n(-c3ccc(N[C@H]4CC[C@H](Nc5ncc(C6CC6c6cccn(-c7cnc(N[C@H]8CC[C@H](Nc9ncc(C%10CC%10)cn9)C8)c(F)c7)c6=O)cn5)C4)nc3)ccc12. The Morgan fingerprint density at radius 2 is 1.24 bits per heavy atom. The van der Waals surface area contributed by atoms with E-state index in [2.05, 4.69) is 51.2 Å². The molecule has 6 atom stereocenters. The quantitative estimate of drug-likeness (QED) is 0.0722. The Hall–Kier alpha value is -7.56. The lowest BCUT2D eigenvalue weighted by molar-refractivity contribution is 0.0699. The number of aromatic nitrogens is 8. The third kappa shape index (κ3) is 8.43. The molecule has 0 spiro atoms. The van der Waals surface area contributed by atoms with Gasteiger partial charge in [0.25, 0.3) is 11.1 Å². The average molecular weight is 887 g/mol. The van der Waals surface area contributed by atoms with Crippen molar-refractivity contribution in [2.45, 2.75) is 99.7 Å². The van der Waals surface area contributed by atoms with Crippen molar-refractivity contribution >= 4 is 40.3 Å². The molecule has 0 amide bonds. The molecular weight excluding hydrogens is 840 g/mol. The lowest BCUT2D eigenvalue weighted by Gasteiger charge is -2.16. The van der Waals surface area contributed by atoms with Crippen LogP contribution in [0, 0.1) is 5.82 Å². The molecule has 16 nitrogen and oxygen atoms in total. The maximum Gasteiger partial charge on any atom is 0.336 e. The number of rotatable bonds is 14. The first kappa shape index (κ1) is 41.2. The van der Waals surface area contributed by atoms with Crippen LogP contribution in [0.15, 0.2) is 114 Å². The lowest BCUT2D eigenvalue weighted by atomic mass is 10.1. The Labute approximate surface area is 377 Å². The van der Waals surface area contributed by atoms with Crippen molar-refractivity contribution < 1.29 is 14.3 Å². The summed E-state index contributed by atoms with van der Waals surface area (Å²) < 4.78 is 18.4. The molecule has 334 valence electrons. The van der Waals surface area contributed by atoms with Gasteiger partial charge in [-0.25, -0.2) is 39.1 Å². The summed E-state index contributed by atoms with van der Waals surface area (Å²) in [5.74, 6) is 1.15. The van der Waals surface area contributed by atoms with Gasteiger partial charge in [-0.1, -0.05) is 12.1 Å². The van der Waals surface area contributed by atoms with Gasteiger partial charge in [-0.15, -0.1) is 0 Å². The molecule has 6 aromatic heterocycles. The standard InChI is InChI=1S/C49H47FN12O4/c50-42-19-35(26-52-44(42)58-31-9-11-33(18-31)60-48-53-21-28(22-54-48)27-6-7-27)61-15-2-5-38(46(61)64)41-20-40(41)29-23-55-49(56-24-29)59-32-10-8-30(17-32)57-43-13-12-34(25-51-43)62-16-14-36-37(45(62)63)3-1-4-39(36)47(65)66/h1-5,12-16,19,21-27,30-33,40-41H,6-11,17-18,20H2,(H,51,57)(H,52,58)(H,65,66)(H,53,54,60)(H,55,56,59)/t30-,31-,32-,33-,40?,41?/m0/s1. The molecule has 11 rings (SSSR count). The number of nitrogens with zero attached hydrogens (tertiary/aromatic N) is 8. The molecule has 4 fully saturated rings. The Morgan fingerprint density at radius 1 is 0.591 bits per heavy atom. The number of carboxylic acid groups (broad SMARTS) is 1. The number of hydrogen-bond donors (Lipinski definition) is 5. The molecule has 5 N–H and O–H groups in total. The zero-order chi connectivity index (χ0) is 44.9. The van der Waals surface area contributed by atoms with Crippen molar-refractivity contribution in [1.82, 2.24) is 39.0 Å². The summed E-state index contributed by atoms with van der Waals surface area (Å²) in [6.45, 7) is 0. The van der Waals surface area contributed by atoms with Crippen LogP contribution in [0.25, 0.3) is 22.1 Å². The van der Waals surface area contributed by atoms with Crippen LogP contribution in [-0.4, -0.2) is 74.3 Å². The fourth-order valence-electron chi connectivity index (χ4n) is 9.75. The highest BCUT2D eigenvalue weighted by atomic mass is 19.1. The third-order valence-electron chi connectivity index (χ3n) is 13.5. The molecule has 4 aliphatic rings. The number of halogens is 1. The van der Waals surface area contributed by atoms with E-state index in [1.165, 1.54) is 45.9 Å². The molecule has 66 heavy (non-hydrogen) atoms. The summed E-state index contributed by atoms with van der Waals surface area (Å²) in [5.41, 5.74) is 3.33. The smallest absolute Gasteiger partial charge is 0.336 e. The molecule has 0 radical (unpaired) electrons. The second kappa shape index (κ2) is 17.1. The minimum atomic E-state index is -1.08. The van der Waals surface area contributed by atoms with Crippen molar-refractivity contribution in [2.24, 2.45) is 0 Å². The summed E-state index contributed by atoms with van der Waals surface area (Å²) >= 11 is 0. The average Bonchev–Trinajstić information content (AvgIpc) is 4.25. The number of fused-ring (bicyclic) bond motifs is 1. The first-order valence-electron chi connectivity index (χ1n) is 22.6. The number of anilines is 4. The van der Waals surface area contributed by atoms with Crippen LogP contribution in [0.1, 0.15) is 103 Å². The van der Waals surface area contributed by atoms with Crippen LogP contribution < -0.4 is 32.4 Å². The van der Waals surface area contributed by atoms with Crippen LogP contribution in [-0.2, 0) is 0 Å². The van der Waals surface area contributed by atoms with E-state index >= 15 is 4.39 Å². The summed E-state index contributed by atoms with van der Waals surface area (Å²) in [5, 5.41) is 23.9. The summed E-state index contributed by atoms with van der Waals surface area (Å²) in [7, 11) is 0. The van der Waals surface area contributed by atoms with Gasteiger partial charge < -0.3 is 26.4 Å². The highest BCUT2D eigenvalue weighted by molar-refractivity contribution is 6.03. The van der Waals surface area contributed by atoms with Crippen molar-refractivity contribution in [2.75, 3.05) is 21.3 Å². The number of nitrogens with one attached hydrogen (secondary N) is 4. The first-order valence-corrected chi connectivity index (χ1v) is 22.6. The molecule has 0 saturated heterocycles. The van der Waals surface area contributed by atoms with Crippen molar-refractivity contribution in [3.05, 3.63) is 153 Å². The number of pyridine rings is 4. The molecule has 4 aliphatic carbocycles. The normalized spacial score (nSPS) is 22.3. The summed E-state index contributed by atoms with van der Waals surface area (Å²) in [4.78, 5) is 65.9. The topological polar surface area (TPSA) is 207 Å². The predicted molar refractivity (Wildman–Crippen MR) is 248 cm³/mol. The van der Waals surface area contributed by atoms with E-state index in [1.807, 2.05) is 49.1 Å². The molecule has 6 heterocycles. The number of hydrogen-bond acceptors (Lipinski definition) is 13. The van der Waals surface area contributed by atoms with Crippen LogP contribution in [0.5, 0.6) is 0 Å². The maximum absolute atomic E-state index is 15.5. The Morgan fingerprint density at radius 3 is 1.89 bits per heavy atom. The minimum Gasteiger partial charge on any atom is -0.478 e. The van der Waals surface area contributed by atoms with Crippen molar-refractivity contribution in [3.8, 4) is 11.4 Å². The van der Waals surface area contributed by atoms with E-state index in [9.17, 15) is 19.5 Å². The molecule has 0 bridgehead atoms. The van der Waals surface area contributed by atoms with Crippen LogP contribution in [0.2, 0.25) is 0 Å². The van der Waals surface area contributed by atoms with E-state index in [-0.39, 0.29) is 58.5 Å². The van der Waals surface area contributed by atoms with Gasteiger partial charge in [0.2, 0.25) is 11.9 Å². The van der Waals surface area contributed by atoms with Gasteiger partial charge in [-0.2, -0.15) is 0 Å². The van der Waals surface area contributed by atoms with Crippen molar-refractivity contribution in [3.63, 3.8) is 0 Å². The molecule has 1 aromatic carbocycles. The van der Waals surface area contributed by atoms with Gasteiger partial charge in [-0.3, -0.25) is 18.7 Å². The zero-order valence-corrected chi connectivity index (χ0v) is 35.8. The number of aromatic carboxylic acids is 1.